The maximum absolute atomic E-state index is 12.4. The molecule has 0 saturated carbocycles. The number of nitrogens with zero attached hydrogens (tertiary/aromatic N) is 1. The molecule has 2 N–H and O–H groups in total. The third kappa shape index (κ3) is 3.54. The summed E-state index contributed by atoms with van der Waals surface area (Å²) in [4.78, 5) is 10.7. The molecule has 0 saturated heterocycles. The van der Waals surface area contributed by atoms with Crippen LogP contribution in [0.2, 0.25) is 0 Å². The first-order valence-corrected chi connectivity index (χ1v) is 8.60. The fraction of sp³-hybridized carbons (Fsp3) is 0.125. The minimum absolute atomic E-state index is 0.0316. The van der Waals surface area contributed by atoms with Gasteiger partial charge in [-0.15, -0.1) is 0 Å². The minimum Gasteiger partial charge on any atom is -0.481 e. The van der Waals surface area contributed by atoms with Gasteiger partial charge >= 0.3 is 5.97 Å². The molecule has 1 heterocycles. The van der Waals surface area contributed by atoms with Gasteiger partial charge in [0, 0.05) is 17.5 Å². The number of hydrogen-bond acceptors (Lipinski definition) is 5. The average Bonchev–Trinajstić information content (AvgIpc) is 3.01. The average molecular weight is 346 g/mol. The second-order valence-electron chi connectivity index (χ2n) is 5.22. The maximum atomic E-state index is 12.4. The van der Waals surface area contributed by atoms with Crippen LogP contribution in [0.25, 0.3) is 11.0 Å². The third-order valence-electron chi connectivity index (χ3n) is 3.47. The lowest BCUT2D eigenvalue weighted by Crippen LogP contribution is -2.12. The van der Waals surface area contributed by atoms with Gasteiger partial charge in [0.1, 0.15) is 0 Å². The molecule has 3 rings (SSSR count). The molecule has 124 valence electrons. The molecule has 0 fully saturated rings. The number of sulfonamides is 1. The van der Waals surface area contributed by atoms with Gasteiger partial charge in [-0.3, -0.25) is 9.52 Å². The first-order chi connectivity index (χ1) is 11.4. The van der Waals surface area contributed by atoms with Crippen LogP contribution in [-0.2, 0) is 21.2 Å². The van der Waals surface area contributed by atoms with Crippen molar-refractivity contribution in [1.82, 2.24) is 5.16 Å². The predicted octanol–water partition coefficient (Wildman–Crippen LogP) is 2.65. The van der Waals surface area contributed by atoms with Crippen molar-refractivity contribution >= 4 is 32.6 Å². The summed E-state index contributed by atoms with van der Waals surface area (Å²) in [6.45, 7) is 0. The molecule has 7 nitrogen and oxygen atoms in total. The normalized spacial score (nSPS) is 11.5. The summed E-state index contributed by atoms with van der Waals surface area (Å²) in [6.07, 6.45) is 1.88. The van der Waals surface area contributed by atoms with E-state index in [0.29, 0.717) is 23.1 Å². The molecule has 2 aromatic carbocycles. The number of anilines is 1. The molecule has 0 radical (unpaired) electrons. The second-order valence-corrected chi connectivity index (χ2v) is 6.90. The highest BCUT2D eigenvalue weighted by molar-refractivity contribution is 7.92. The number of fused-ring (bicyclic) bond motifs is 1. The fourth-order valence-electron chi connectivity index (χ4n) is 2.22. The Morgan fingerprint density at radius 1 is 1.17 bits per heavy atom. The van der Waals surface area contributed by atoms with Gasteiger partial charge in [0.05, 0.1) is 11.1 Å². The van der Waals surface area contributed by atoms with E-state index in [1.54, 1.807) is 30.3 Å². The summed E-state index contributed by atoms with van der Waals surface area (Å²) in [5, 5.41) is 12.9. The van der Waals surface area contributed by atoms with Crippen LogP contribution in [0.1, 0.15) is 12.0 Å². The standard InChI is InChI=1S/C16H14N2O5S/c19-16(20)8-3-11-1-4-13(5-2-11)18-24(21,22)14-6-7-15-12(9-14)10-17-23-15/h1-2,4-7,9-10,18H,3,8H2,(H,19,20). The summed E-state index contributed by atoms with van der Waals surface area (Å²) in [6, 6.07) is 11.1. The Morgan fingerprint density at radius 3 is 2.62 bits per heavy atom. The number of aliphatic carboxylic acids is 1. The van der Waals surface area contributed by atoms with Gasteiger partial charge in [0.2, 0.25) is 0 Å². The minimum atomic E-state index is -3.73. The van der Waals surface area contributed by atoms with E-state index in [2.05, 4.69) is 9.88 Å². The Morgan fingerprint density at radius 2 is 1.92 bits per heavy atom. The monoisotopic (exact) mass is 346 g/mol. The molecule has 1 aromatic heterocycles. The van der Waals surface area contributed by atoms with Crippen LogP contribution in [0, 0.1) is 0 Å². The van der Waals surface area contributed by atoms with Crippen molar-refractivity contribution in [2.45, 2.75) is 17.7 Å². The van der Waals surface area contributed by atoms with Gasteiger partial charge in [-0.2, -0.15) is 0 Å². The number of rotatable bonds is 6. The molecular weight excluding hydrogens is 332 g/mol. The third-order valence-corrected chi connectivity index (χ3v) is 4.85. The quantitative estimate of drug-likeness (QED) is 0.710. The highest BCUT2D eigenvalue weighted by Gasteiger charge is 2.15. The highest BCUT2D eigenvalue weighted by Crippen LogP contribution is 2.21. The van der Waals surface area contributed by atoms with Crippen LogP contribution < -0.4 is 4.72 Å². The van der Waals surface area contributed by atoms with E-state index in [0.717, 1.165) is 5.56 Å². The fourth-order valence-corrected chi connectivity index (χ4v) is 3.32. The Balaban J connectivity index is 1.77. The van der Waals surface area contributed by atoms with E-state index in [1.165, 1.54) is 18.3 Å². The van der Waals surface area contributed by atoms with Gasteiger partial charge in [-0.25, -0.2) is 8.42 Å². The lowest BCUT2D eigenvalue weighted by Gasteiger charge is -2.09. The number of carboxylic acids is 1. The summed E-state index contributed by atoms with van der Waals surface area (Å²) >= 11 is 0. The molecule has 3 aromatic rings. The largest absolute Gasteiger partial charge is 0.481 e. The topological polar surface area (TPSA) is 110 Å². The van der Waals surface area contributed by atoms with Crippen LogP contribution in [0.5, 0.6) is 0 Å². The summed E-state index contributed by atoms with van der Waals surface area (Å²) in [5.74, 6) is -0.871. The first kappa shape index (κ1) is 16.0. The van der Waals surface area contributed by atoms with Gasteiger partial charge in [-0.05, 0) is 42.3 Å². The van der Waals surface area contributed by atoms with E-state index in [-0.39, 0.29) is 11.3 Å². The number of benzene rings is 2. The Hall–Kier alpha value is -2.87. The number of hydrogen-bond donors (Lipinski definition) is 2. The van der Waals surface area contributed by atoms with Crippen LogP contribution in [0.15, 0.2) is 58.1 Å². The lowest BCUT2D eigenvalue weighted by molar-refractivity contribution is -0.136. The van der Waals surface area contributed by atoms with Crippen molar-refractivity contribution in [3.63, 3.8) is 0 Å². The van der Waals surface area contributed by atoms with E-state index in [1.807, 2.05) is 0 Å². The molecule has 0 unspecified atom stereocenters. The number of carbonyl (C=O) groups is 1. The van der Waals surface area contributed by atoms with E-state index in [9.17, 15) is 13.2 Å². The molecule has 0 aliphatic heterocycles. The Labute approximate surface area is 137 Å². The molecule has 24 heavy (non-hydrogen) atoms. The number of aryl methyl sites for hydroxylation is 1. The smallest absolute Gasteiger partial charge is 0.303 e. The Kier molecular flexibility index (Phi) is 4.22. The van der Waals surface area contributed by atoms with Crippen LogP contribution >= 0.6 is 0 Å². The van der Waals surface area contributed by atoms with Gasteiger partial charge in [-0.1, -0.05) is 17.3 Å². The van der Waals surface area contributed by atoms with Gasteiger partial charge in [0.25, 0.3) is 10.0 Å². The van der Waals surface area contributed by atoms with Crippen molar-refractivity contribution in [3.05, 3.63) is 54.2 Å². The van der Waals surface area contributed by atoms with Crippen molar-refractivity contribution in [3.8, 4) is 0 Å². The summed E-state index contributed by atoms with van der Waals surface area (Å²) in [5.41, 5.74) is 1.74. The summed E-state index contributed by atoms with van der Waals surface area (Å²) < 4.78 is 32.3. The summed E-state index contributed by atoms with van der Waals surface area (Å²) in [7, 11) is -3.73. The number of carboxylic acid groups (broad SMARTS) is 1. The zero-order chi connectivity index (χ0) is 17.2. The van der Waals surface area contributed by atoms with E-state index < -0.39 is 16.0 Å². The van der Waals surface area contributed by atoms with Crippen molar-refractivity contribution in [2.24, 2.45) is 0 Å². The molecule has 0 atom stereocenters. The van der Waals surface area contributed by atoms with Crippen molar-refractivity contribution in [2.75, 3.05) is 4.72 Å². The highest BCUT2D eigenvalue weighted by atomic mass is 32.2. The number of aromatic nitrogens is 1. The zero-order valence-electron chi connectivity index (χ0n) is 12.5. The molecule has 0 amide bonds. The van der Waals surface area contributed by atoms with Crippen LogP contribution in [-0.4, -0.2) is 24.7 Å². The van der Waals surface area contributed by atoms with E-state index in [4.69, 9.17) is 9.63 Å². The van der Waals surface area contributed by atoms with Crippen LogP contribution in [0.4, 0.5) is 5.69 Å². The lowest BCUT2D eigenvalue weighted by atomic mass is 10.1. The zero-order valence-corrected chi connectivity index (χ0v) is 13.3. The van der Waals surface area contributed by atoms with E-state index >= 15 is 0 Å². The van der Waals surface area contributed by atoms with Crippen molar-refractivity contribution < 1.29 is 22.8 Å². The molecule has 8 heteroatoms. The maximum Gasteiger partial charge on any atom is 0.303 e. The first-order valence-electron chi connectivity index (χ1n) is 7.12. The Bertz CT molecular complexity index is 977. The second kappa shape index (κ2) is 6.32. The predicted molar refractivity (Wildman–Crippen MR) is 87.2 cm³/mol. The molecular formula is C16H14N2O5S. The molecule has 0 bridgehead atoms. The van der Waals surface area contributed by atoms with Crippen LogP contribution in [0.3, 0.4) is 0 Å². The SMILES string of the molecule is O=C(O)CCc1ccc(NS(=O)(=O)c2ccc3oncc3c2)cc1. The van der Waals surface area contributed by atoms with Gasteiger partial charge < -0.3 is 9.63 Å². The van der Waals surface area contributed by atoms with Crippen molar-refractivity contribution in [1.29, 1.82) is 0 Å². The molecule has 0 spiro atoms. The molecule has 0 aliphatic rings. The number of nitrogens with one attached hydrogen (secondary N) is 1. The van der Waals surface area contributed by atoms with Gasteiger partial charge in [0.15, 0.2) is 5.58 Å². The molecule has 0 aliphatic carbocycles.